The fraction of sp³-hybridized carbons (Fsp3) is 0.615. The number of piperidine rings is 3. The highest BCUT2D eigenvalue weighted by Crippen LogP contribution is 2.32. The first-order valence-corrected chi connectivity index (χ1v) is 13.0. The van der Waals surface area contributed by atoms with Crippen LogP contribution in [0.3, 0.4) is 0 Å². The van der Waals surface area contributed by atoms with Gasteiger partial charge in [0.25, 0.3) is 11.8 Å². The maximum absolute atomic E-state index is 13.2. The summed E-state index contributed by atoms with van der Waals surface area (Å²) in [5.74, 6) is -1.24. The molecule has 3 saturated heterocycles. The van der Waals surface area contributed by atoms with Crippen LogP contribution in [0.15, 0.2) is 18.2 Å². The zero-order valence-corrected chi connectivity index (χ0v) is 20.2. The Balaban J connectivity index is 1.21. The number of imide groups is 2. The second kappa shape index (κ2) is 10.1. The summed E-state index contributed by atoms with van der Waals surface area (Å²) in [6, 6.07) is 4.86. The van der Waals surface area contributed by atoms with Crippen molar-refractivity contribution in [2.45, 2.75) is 63.5 Å². The summed E-state index contributed by atoms with van der Waals surface area (Å²) in [6.07, 6.45) is 7.17. The highest BCUT2D eigenvalue weighted by molar-refractivity contribution is 6.23. The van der Waals surface area contributed by atoms with E-state index in [1.807, 2.05) is 6.07 Å². The number of amides is 4. The molecule has 3 fully saturated rings. The molecule has 0 spiro atoms. The van der Waals surface area contributed by atoms with Crippen LogP contribution in [-0.2, 0) is 9.59 Å². The predicted molar refractivity (Wildman–Crippen MR) is 131 cm³/mol. The molecule has 9 nitrogen and oxygen atoms in total. The second-order valence-electron chi connectivity index (χ2n) is 10.5. The quantitative estimate of drug-likeness (QED) is 0.592. The van der Waals surface area contributed by atoms with E-state index in [1.165, 1.54) is 19.3 Å². The molecule has 9 heteroatoms. The largest absolute Gasteiger partial charge is 0.371 e. The number of hydrogen-bond donors (Lipinski definition) is 2. The molecule has 4 aliphatic rings. The molecule has 0 aromatic heterocycles. The summed E-state index contributed by atoms with van der Waals surface area (Å²) in [4.78, 5) is 55.8. The molecule has 188 valence electrons. The van der Waals surface area contributed by atoms with E-state index < -0.39 is 23.8 Å². The monoisotopic (exact) mass is 481 g/mol. The molecule has 1 aromatic carbocycles. The zero-order chi connectivity index (χ0) is 24.5. The number of hydrogen-bond acceptors (Lipinski definition) is 7. The van der Waals surface area contributed by atoms with Gasteiger partial charge in [-0.1, -0.05) is 0 Å². The summed E-state index contributed by atoms with van der Waals surface area (Å²) in [5.41, 5.74) is 7.65. The Morgan fingerprint density at radius 2 is 1.71 bits per heavy atom. The van der Waals surface area contributed by atoms with Gasteiger partial charge in [-0.25, -0.2) is 0 Å². The molecule has 4 aliphatic heterocycles. The Kier molecular flexibility index (Phi) is 6.88. The molecule has 2 atom stereocenters. The number of nitrogens with one attached hydrogen (secondary N) is 1. The SMILES string of the molecule is NC1CCN(CCCC2CCCN(c3ccc4c(c3)C(=O)N(C3CCC(=O)NC3=O)C4=O)C2)CC1. The minimum atomic E-state index is -0.932. The Morgan fingerprint density at radius 1 is 0.943 bits per heavy atom. The van der Waals surface area contributed by atoms with Crippen molar-refractivity contribution in [2.75, 3.05) is 37.6 Å². The molecule has 0 saturated carbocycles. The van der Waals surface area contributed by atoms with E-state index in [0.717, 1.165) is 62.6 Å². The highest BCUT2D eigenvalue weighted by atomic mass is 16.2. The van der Waals surface area contributed by atoms with Crippen LogP contribution in [-0.4, -0.2) is 78.2 Å². The van der Waals surface area contributed by atoms with Crippen molar-refractivity contribution < 1.29 is 19.2 Å². The number of likely N-dealkylation sites (tertiary alicyclic amines) is 1. The van der Waals surface area contributed by atoms with Gasteiger partial charge in [0.15, 0.2) is 0 Å². The molecule has 0 bridgehead atoms. The first-order valence-electron chi connectivity index (χ1n) is 13.0. The molecule has 0 aliphatic carbocycles. The summed E-state index contributed by atoms with van der Waals surface area (Å²) >= 11 is 0. The number of benzene rings is 1. The summed E-state index contributed by atoms with van der Waals surface area (Å²) < 4.78 is 0. The topological polar surface area (TPSA) is 116 Å². The molecule has 35 heavy (non-hydrogen) atoms. The van der Waals surface area contributed by atoms with Gasteiger partial charge in [-0.2, -0.15) is 0 Å². The van der Waals surface area contributed by atoms with E-state index in [2.05, 4.69) is 15.1 Å². The van der Waals surface area contributed by atoms with E-state index in [0.29, 0.717) is 23.1 Å². The van der Waals surface area contributed by atoms with Crippen molar-refractivity contribution in [3.8, 4) is 0 Å². The molecular formula is C26H35N5O4. The van der Waals surface area contributed by atoms with E-state index in [1.54, 1.807) is 12.1 Å². The fourth-order valence-corrected chi connectivity index (χ4v) is 5.97. The van der Waals surface area contributed by atoms with Crippen LogP contribution in [0.25, 0.3) is 0 Å². The standard InChI is InChI=1S/C26H35N5O4/c27-18-9-13-29(14-10-18)11-1-3-17-4-2-12-30(16-17)19-5-6-20-21(15-19)26(35)31(25(20)34)22-7-8-23(32)28-24(22)33/h5-6,15,17-18,22H,1-4,7-14,16,27H2,(H,28,32,33). The molecule has 5 rings (SSSR count). The third-order valence-electron chi connectivity index (χ3n) is 8.03. The average Bonchev–Trinajstić information content (AvgIpc) is 3.10. The van der Waals surface area contributed by atoms with Crippen molar-refractivity contribution in [1.82, 2.24) is 15.1 Å². The maximum atomic E-state index is 13.2. The lowest BCUT2D eigenvalue weighted by Gasteiger charge is -2.35. The number of rotatable bonds is 6. The molecule has 1 aromatic rings. The van der Waals surface area contributed by atoms with Crippen LogP contribution in [0.1, 0.15) is 72.1 Å². The Hall–Kier alpha value is -2.78. The van der Waals surface area contributed by atoms with Gasteiger partial charge in [-0.3, -0.25) is 29.4 Å². The summed E-state index contributed by atoms with van der Waals surface area (Å²) in [6.45, 7) is 5.22. The average molecular weight is 482 g/mol. The minimum absolute atomic E-state index is 0.121. The lowest BCUT2D eigenvalue weighted by atomic mass is 9.92. The lowest BCUT2D eigenvalue weighted by Crippen LogP contribution is -2.54. The van der Waals surface area contributed by atoms with E-state index in [9.17, 15) is 19.2 Å². The maximum Gasteiger partial charge on any atom is 0.262 e. The number of carbonyl (C=O) groups excluding carboxylic acids is 4. The zero-order valence-electron chi connectivity index (χ0n) is 20.2. The van der Waals surface area contributed by atoms with E-state index >= 15 is 0 Å². The molecule has 2 unspecified atom stereocenters. The summed E-state index contributed by atoms with van der Waals surface area (Å²) in [5, 5.41) is 2.24. The smallest absolute Gasteiger partial charge is 0.262 e. The van der Waals surface area contributed by atoms with Crippen LogP contribution in [0.2, 0.25) is 0 Å². The molecule has 0 radical (unpaired) electrons. The van der Waals surface area contributed by atoms with E-state index in [-0.39, 0.29) is 18.7 Å². The number of carbonyl (C=O) groups is 4. The third kappa shape index (κ3) is 4.97. The first-order chi connectivity index (χ1) is 16.9. The van der Waals surface area contributed by atoms with Crippen LogP contribution < -0.4 is 16.0 Å². The van der Waals surface area contributed by atoms with Crippen molar-refractivity contribution in [2.24, 2.45) is 11.7 Å². The van der Waals surface area contributed by atoms with Gasteiger partial charge >= 0.3 is 0 Å². The summed E-state index contributed by atoms with van der Waals surface area (Å²) in [7, 11) is 0. The lowest BCUT2D eigenvalue weighted by molar-refractivity contribution is -0.136. The van der Waals surface area contributed by atoms with Crippen molar-refractivity contribution in [3.05, 3.63) is 29.3 Å². The minimum Gasteiger partial charge on any atom is -0.371 e. The van der Waals surface area contributed by atoms with Crippen molar-refractivity contribution >= 4 is 29.3 Å². The number of fused-ring (bicyclic) bond motifs is 1. The third-order valence-corrected chi connectivity index (χ3v) is 8.03. The number of anilines is 1. The van der Waals surface area contributed by atoms with Crippen molar-refractivity contribution in [1.29, 1.82) is 0 Å². The predicted octanol–water partition coefficient (Wildman–Crippen LogP) is 1.51. The Bertz CT molecular complexity index is 1020. The normalized spacial score (nSPS) is 26.3. The highest BCUT2D eigenvalue weighted by Gasteiger charge is 2.44. The van der Waals surface area contributed by atoms with Gasteiger partial charge in [0.1, 0.15) is 6.04 Å². The van der Waals surface area contributed by atoms with Crippen LogP contribution in [0.4, 0.5) is 5.69 Å². The molecule has 3 N–H and O–H groups in total. The fourth-order valence-electron chi connectivity index (χ4n) is 5.97. The van der Waals surface area contributed by atoms with Gasteiger partial charge in [0.05, 0.1) is 11.1 Å². The van der Waals surface area contributed by atoms with Gasteiger partial charge in [-0.05, 0) is 88.7 Å². The Morgan fingerprint density at radius 3 is 2.49 bits per heavy atom. The van der Waals surface area contributed by atoms with Gasteiger partial charge in [0, 0.05) is 31.2 Å². The van der Waals surface area contributed by atoms with Crippen LogP contribution in [0, 0.1) is 5.92 Å². The molecule has 4 amide bonds. The molecule has 4 heterocycles. The van der Waals surface area contributed by atoms with Gasteiger partial charge in [0.2, 0.25) is 11.8 Å². The first kappa shape index (κ1) is 23.9. The Labute approximate surface area is 206 Å². The van der Waals surface area contributed by atoms with Crippen molar-refractivity contribution in [3.63, 3.8) is 0 Å². The van der Waals surface area contributed by atoms with Crippen LogP contribution >= 0.6 is 0 Å². The van der Waals surface area contributed by atoms with Crippen LogP contribution in [0.5, 0.6) is 0 Å². The van der Waals surface area contributed by atoms with E-state index in [4.69, 9.17) is 5.73 Å². The second-order valence-corrected chi connectivity index (χ2v) is 10.5. The van der Waals surface area contributed by atoms with Gasteiger partial charge < -0.3 is 15.5 Å². The number of nitrogens with two attached hydrogens (primary N) is 1. The number of nitrogens with zero attached hydrogens (tertiary/aromatic N) is 3. The molecular weight excluding hydrogens is 446 g/mol. The van der Waals surface area contributed by atoms with Gasteiger partial charge in [-0.15, -0.1) is 0 Å².